The summed E-state index contributed by atoms with van der Waals surface area (Å²) in [6.07, 6.45) is 0. The van der Waals surface area contributed by atoms with Crippen molar-refractivity contribution in [3.05, 3.63) is 68.3 Å². The van der Waals surface area contributed by atoms with Crippen molar-refractivity contribution in [1.29, 1.82) is 0 Å². The zero-order chi connectivity index (χ0) is 22.5. The number of carbonyl (C=O) groups is 2. The van der Waals surface area contributed by atoms with Gasteiger partial charge in [0, 0.05) is 5.02 Å². The Morgan fingerprint density at radius 3 is 2.48 bits per heavy atom. The molecule has 3 aromatic rings. The lowest BCUT2D eigenvalue weighted by atomic mass is 10.1. The van der Waals surface area contributed by atoms with Crippen LogP contribution in [-0.4, -0.2) is 35.2 Å². The van der Waals surface area contributed by atoms with Gasteiger partial charge in [-0.25, -0.2) is 9.78 Å². The highest BCUT2D eigenvalue weighted by atomic mass is 35.5. The van der Waals surface area contributed by atoms with E-state index in [0.29, 0.717) is 21.4 Å². The molecule has 3 rings (SSSR count). The fourth-order valence-electron chi connectivity index (χ4n) is 2.75. The number of thiazole rings is 1. The van der Waals surface area contributed by atoms with Crippen molar-refractivity contribution in [3.8, 4) is 10.8 Å². The lowest BCUT2D eigenvalue weighted by molar-refractivity contribution is 0.0697. The van der Waals surface area contributed by atoms with Gasteiger partial charge < -0.3 is 19.9 Å². The number of halogens is 2. The number of amides is 1. The van der Waals surface area contributed by atoms with Gasteiger partial charge in [-0.05, 0) is 49.7 Å². The molecule has 31 heavy (non-hydrogen) atoms. The first-order valence-electron chi connectivity index (χ1n) is 9.06. The third-order valence-corrected chi connectivity index (χ3v) is 5.63. The Labute approximate surface area is 192 Å². The van der Waals surface area contributed by atoms with Crippen molar-refractivity contribution in [2.24, 2.45) is 0 Å². The van der Waals surface area contributed by atoms with Gasteiger partial charge in [0.15, 0.2) is 5.06 Å². The van der Waals surface area contributed by atoms with E-state index < -0.39 is 11.9 Å². The average Bonchev–Trinajstić information content (AvgIpc) is 3.11. The first-order valence-corrected chi connectivity index (χ1v) is 10.7. The van der Waals surface area contributed by atoms with Gasteiger partial charge in [0.1, 0.15) is 19.0 Å². The number of ether oxygens (including phenoxy) is 2. The van der Waals surface area contributed by atoms with Gasteiger partial charge in [-0.1, -0.05) is 34.5 Å². The van der Waals surface area contributed by atoms with Gasteiger partial charge in [0.2, 0.25) is 0 Å². The van der Waals surface area contributed by atoms with Gasteiger partial charge in [-0.15, -0.1) is 0 Å². The molecule has 0 fully saturated rings. The molecule has 0 aliphatic carbocycles. The summed E-state index contributed by atoms with van der Waals surface area (Å²) in [6.45, 7) is 4.01. The molecule has 0 saturated heterocycles. The van der Waals surface area contributed by atoms with Crippen molar-refractivity contribution >= 4 is 52.1 Å². The third-order valence-electron chi connectivity index (χ3n) is 4.24. The monoisotopic (exact) mass is 480 g/mol. The Kier molecular flexibility index (Phi) is 7.37. The maximum Gasteiger partial charge on any atom is 0.337 e. The second kappa shape index (κ2) is 10.00. The molecule has 0 saturated carbocycles. The molecule has 1 heterocycles. The standard InChI is InChI=1S/C21H18Cl2N2O5S/c1-11-7-14(29-5-6-30-21-12(2)24-10-31-21)9-16(20(27)28)18(11)25-19(26)15-4-3-13(22)8-17(15)23/h3-4,7-10H,5-6H2,1-2H3,(H,25,26)(H,27,28). The summed E-state index contributed by atoms with van der Waals surface area (Å²) in [5.74, 6) is -1.40. The number of carboxylic acids is 1. The van der Waals surface area contributed by atoms with E-state index in [4.69, 9.17) is 32.7 Å². The third kappa shape index (κ3) is 5.66. The van der Waals surface area contributed by atoms with Crippen LogP contribution in [0.3, 0.4) is 0 Å². The molecule has 1 amide bonds. The van der Waals surface area contributed by atoms with Crippen molar-refractivity contribution in [1.82, 2.24) is 4.98 Å². The van der Waals surface area contributed by atoms with Gasteiger partial charge in [0.05, 0.1) is 33.0 Å². The molecule has 0 spiro atoms. The maximum atomic E-state index is 12.6. The largest absolute Gasteiger partial charge is 0.490 e. The quantitative estimate of drug-likeness (QED) is 0.414. The van der Waals surface area contributed by atoms with E-state index in [2.05, 4.69) is 10.3 Å². The highest BCUT2D eigenvalue weighted by Crippen LogP contribution is 2.29. The van der Waals surface area contributed by atoms with Crippen LogP contribution in [0, 0.1) is 13.8 Å². The molecular formula is C21H18Cl2N2O5S. The number of rotatable bonds is 8. The van der Waals surface area contributed by atoms with Crippen molar-refractivity contribution < 1.29 is 24.2 Å². The van der Waals surface area contributed by atoms with Gasteiger partial charge in [0.25, 0.3) is 5.91 Å². The van der Waals surface area contributed by atoms with Crippen LogP contribution in [0.1, 0.15) is 32.0 Å². The molecule has 1 aromatic heterocycles. The number of carboxylic acid groups (broad SMARTS) is 1. The Morgan fingerprint density at radius 2 is 1.84 bits per heavy atom. The fraction of sp³-hybridized carbons (Fsp3) is 0.190. The summed E-state index contributed by atoms with van der Waals surface area (Å²) in [5.41, 5.74) is 3.25. The zero-order valence-electron chi connectivity index (χ0n) is 16.6. The van der Waals surface area contributed by atoms with Crippen molar-refractivity contribution in [2.75, 3.05) is 18.5 Å². The number of hydrogen-bond donors (Lipinski definition) is 2. The summed E-state index contributed by atoms with van der Waals surface area (Å²) in [5, 5.41) is 13.5. The van der Waals surface area contributed by atoms with E-state index in [-0.39, 0.29) is 35.1 Å². The van der Waals surface area contributed by atoms with E-state index in [0.717, 1.165) is 5.69 Å². The highest BCUT2D eigenvalue weighted by molar-refractivity contribution is 7.11. The maximum absolute atomic E-state index is 12.6. The number of aryl methyl sites for hydroxylation is 2. The second-order valence-corrected chi connectivity index (χ2v) is 8.13. The van der Waals surface area contributed by atoms with Gasteiger partial charge >= 0.3 is 5.97 Å². The lowest BCUT2D eigenvalue weighted by Crippen LogP contribution is -2.17. The molecule has 2 N–H and O–H groups in total. The van der Waals surface area contributed by atoms with Crippen LogP contribution in [0.25, 0.3) is 0 Å². The molecule has 162 valence electrons. The fourth-order valence-corrected chi connectivity index (χ4v) is 3.93. The van der Waals surface area contributed by atoms with Crippen LogP contribution in [0.5, 0.6) is 10.8 Å². The molecule has 0 aliphatic rings. The number of aromatic nitrogens is 1. The molecule has 0 bridgehead atoms. The zero-order valence-corrected chi connectivity index (χ0v) is 18.9. The van der Waals surface area contributed by atoms with Crippen molar-refractivity contribution in [2.45, 2.75) is 13.8 Å². The summed E-state index contributed by atoms with van der Waals surface area (Å²) in [4.78, 5) is 28.5. The first kappa shape index (κ1) is 22.9. The number of benzene rings is 2. The topological polar surface area (TPSA) is 97.8 Å². The molecule has 10 heteroatoms. The van der Waals surface area contributed by atoms with Gasteiger partial charge in [-0.2, -0.15) is 0 Å². The Bertz CT molecular complexity index is 1130. The number of nitrogens with zero attached hydrogens (tertiary/aromatic N) is 1. The Morgan fingerprint density at radius 1 is 1.10 bits per heavy atom. The number of carbonyl (C=O) groups excluding carboxylic acids is 1. The molecule has 0 unspecified atom stereocenters. The van der Waals surface area contributed by atoms with E-state index in [1.165, 1.54) is 35.6 Å². The van der Waals surface area contributed by atoms with Crippen LogP contribution < -0.4 is 14.8 Å². The Hall–Kier alpha value is -2.81. The van der Waals surface area contributed by atoms with Crippen LogP contribution in [0.4, 0.5) is 5.69 Å². The number of hydrogen-bond acceptors (Lipinski definition) is 6. The minimum absolute atomic E-state index is 0.104. The van der Waals surface area contributed by atoms with E-state index in [9.17, 15) is 14.7 Å². The predicted octanol–water partition coefficient (Wildman–Crippen LogP) is 5.48. The van der Waals surface area contributed by atoms with Crippen LogP contribution in [0.2, 0.25) is 10.0 Å². The second-order valence-electron chi connectivity index (χ2n) is 6.47. The smallest absolute Gasteiger partial charge is 0.337 e. The number of anilines is 1. The molecule has 0 atom stereocenters. The summed E-state index contributed by atoms with van der Waals surface area (Å²) in [6, 6.07) is 7.43. The van der Waals surface area contributed by atoms with E-state index >= 15 is 0 Å². The van der Waals surface area contributed by atoms with Gasteiger partial charge in [-0.3, -0.25) is 4.79 Å². The summed E-state index contributed by atoms with van der Waals surface area (Å²) >= 11 is 13.3. The summed E-state index contributed by atoms with van der Waals surface area (Å²) in [7, 11) is 0. The van der Waals surface area contributed by atoms with Crippen LogP contribution in [-0.2, 0) is 0 Å². The van der Waals surface area contributed by atoms with Crippen LogP contribution >= 0.6 is 34.5 Å². The normalized spacial score (nSPS) is 10.6. The Balaban J connectivity index is 1.73. The molecular weight excluding hydrogens is 463 g/mol. The summed E-state index contributed by atoms with van der Waals surface area (Å²) < 4.78 is 11.2. The number of nitrogens with one attached hydrogen (secondary N) is 1. The highest BCUT2D eigenvalue weighted by Gasteiger charge is 2.19. The minimum Gasteiger partial charge on any atom is -0.490 e. The van der Waals surface area contributed by atoms with E-state index in [1.54, 1.807) is 18.5 Å². The molecule has 2 aromatic carbocycles. The first-order chi connectivity index (χ1) is 14.8. The van der Waals surface area contributed by atoms with Crippen molar-refractivity contribution in [3.63, 3.8) is 0 Å². The number of aromatic carboxylic acids is 1. The average molecular weight is 481 g/mol. The lowest BCUT2D eigenvalue weighted by Gasteiger charge is -2.15. The minimum atomic E-state index is -1.21. The van der Waals surface area contributed by atoms with E-state index in [1.807, 2.05) is 6.92 Å². The SMILES string of the molecule is Cc1cc(OCCOc2scnc2C)cc(C(=O)O)c1NC(=O)c1ccc(Cl)cc1Cl. The molecule has 0 aliphatic heterocycles. The van der Waals surface area contributed by atoms with Crippen LogP contribution in [0.15, 0.2) is 35.8 Å². The molecule has 7 nitrogen and oxygen atoms in total. The predicted molar refractivity (Wildman–Crippen MR) is 120 cm³/mol. The molecule has 0 radical (unpaired) electrons.